The molecule has 0 saturated heterocycles. The first-order chi connectivity index (χ1) is 10.2. The normalized spacial score (nSPS) is 15.2. The molecule has 0 amide bonds. The lowest BCUT2D eigenvalue weighted by Gasteiger charge is -2.06. The summed E-state index contributed by atoms with van der Waals surface area (Å²) in [5.74, 6) is 0.361. The maximum atomic E-state index is 13.8. The smallest absolute Gasteiger partial charge is 0.140 e. The van der Waals surface area contributed by atoms with E-state index in [1.807, 2.05) is 0 Å². The largest absolute Gasteiger partial charge is 0.383 e. The van der Waals surface area contributed by atoms with Crippen molar-refractivity contribution in [2.45, 2.75) is 38.1 Å². The molecule has 0 bridgehead atoms. The summed E-state index contributed by atoms with van der Waals surface area (Å²) in [5.41, 5.74) is 7.80. The molecule has 1 aromatic carbocycles. The Labute approximate surface area is 123 Å². The zero-order valence-corrected chi connectivity index (χ0v) is 11.7. The average Bonchev–Trinajstić information content (AvgIpc) is 3.10. The van der Waals surface area contributed by atoms with Crippen molar-refractivity contribution in [1.29, 1.82) is 5.26 Å². The van der Waals surface area contributed by atoms with E-state index >= 15 is 0 Å². The second-order valence-electron chi connectivity index (χ2n) is 5.49. The second kappa shape index (κ2) is 5.57. The van der Waals surface area contributed by atoms with Crippen LogP contribution < -0.4 is 5.73 Å². The van der Waals surface area contributed by atoms with E-state index < -0.39 is 0 Å². The van der Waals surface area contributed by atoms with Crippen molar-refractivity contribution in [2.24, 2.45) is 0 Å². The average molecular weight is 284 g/mol. The molecule has 0 aliphatic heterocycles. The molecule has 0 atom stereocenters. The summed E-state index contributed by atoms with van der Waals surface area (Å²) in [6, 6.07) is 8.71. The number of nitrogen functional groups attached to an aromatic ring is 1. The molecule has 0 spiro atoms. The fourth-order valence-electron chi connectivity index (χ4n) is 3.00. The minimum atomic E-state index is -0.284. The van der Waals surface area contributed by atoms with Gasteiger partial charge in [-0.1, -0.05) is 31.0 Å². The molecule has 0 unspecified atom stereocenters. The molecule has 1 saturated carbocycles. The lowest BCUT2D eigenvalue weighted by Crippen LogP contribution is -2.08. The number of hydrogen-bond acceptors (Lipinski definition) is 3. The van der Waals surface area contributed by atoms with E-state index in [1.165, 1.54) is 6.07 Å². The topological polar surface area (TPSA) is 67.6 Å². The molecule has 1 aromatic heterocycles. The Morgan fingerprint density at radius 1 is 1.33 bits per heavy atom. The maximum absolute atomic E-state index is 13.8. The summed E-state index contributed by atoms with van der Waals surface area (Å²) < 4.78 is 15.3. The van der Waals surface area contributed by atoms with E-state index in [9.17, 15) is 9.65 Å². The minimum Gasteiger partial charge on any atom is -0.383 e. The Kier molecular flexibility index (Phi) is 3.61. The van der Waals surface area contributed by atoms with Crippen LogP contribution in [-0.4, -0.2) is 9.78 Å². The van der Waals surface area contributed by atoms with Gasteiger partial charge in [-0.3, -0.25) is 0 Å². The van der Waals surface area contributed by atoms with Crippen LogP contribution in [0.25, 0.3) is 0 Å². The fourth-order valence-corrected chi connectivity index (χ4v) is 3.00. The standard InChI is InChI=1S/C16H17FN4/c17-14-8-4-3-7-12(14)10-21-16(19)13(9-18)15(20-21)11-5-1-2-6-11/h3-4,7-8,11H,1-2,5-6,10,19H2. The lowest BCUT2D eigenvalue weighted by molar-refractivity contribution is 0.579. The van der Waals surface area contributed by atoms with Crippen LogP contribution in [0, 0.1) is 17.1 Å². The molecule has 21 heavy (non-hydrogen) atoms. The second-order valence-corrected chi connectivity index (χ2v) is 5.49. The number of nitriles is 1. The van der Waals surface area contributed by atoms with Crippen LogP contribution in [0.5, 0.6) is 0 Å². The molecule has 3 rings (SSSR count). The van der Waals surface area contributed by atoms with Gasteiger partial charge in [-0.15, -0.1) is 0 Å². The summed E-state index contributed by atoms with van der Waals surface area (Å²) in [6.45, 7) is 0.250. The quantitative estimate of drug-likeness (QED) is 0.941. The van der Waals surface area contributed by atoms with Crippen LogP contribution in [0.2, 0.25) is 0 Å². The number of benzene rings is 1. The van der Waals surface area contributed by atoms with E-state index in [4.69, 9.17) is 5.73 Å². The van der Waals surface area contributed by atoms with Gasteiger partial charge in [0.2, 0.25) is 0 Å². The molecule has 2 aromatic rings. The number of anilines is 1. The van der Waals surface area contributed by atoms with Crippen LogP contribution in [0.1, 0.15) is 48.4 Å². The van der Waals surface area contributed by atoms with Crippen LogP contribution in [-0.2, 0) is 6.54 Å². The third kappa shape index (κ3) is 2.49. The predicted octanol–water partition coefficient (Wildman–Crippen LogP) is 3.18. The van der Waals surface area contributed by atoms with E-state index in [0.29, 0.717) is 22.9 Å². The number of nitrogens with zero attached hydrogens (tertiary/aromatic N) is 3. The van der Waals surface area contributed by atoms with Gasteiger partial charge < -0.3 is 5.73 Å². The third-order valence-electron chi connectivity index (χ3n) is 4.15. The van der Waals surface area contributed by atoms with Crippen molar-refractivity contribution in [1.82, 2.24) is 9.78 Å². The molecule has 2 N–H and O–H groups in total. The molecule has 1 aliphatic rings. The Hall–Kier alpha value is -2.35. The maximum Gasteiger partial charge on any atom is 0.140 e. The first-order valence-electron chi connectivity index (χ1n) is 7.20. The number of rotatable bonds is 3. The van der Waals surface area contributed by atoms with Gasteiger partial charge in [-0.25, -0.2) is 9.07 Å². The van der Waals surface area contributed by atoms with Crippen molar-refractivity contribution >= 4 is 5.82 Å². The van der Waals surface area contributed by atoms with E-state index in [0.717, 1.165) is 31.4 Å². The molecule has 0 radical (unpaired) electrons. The Balaban J connectivity index is 1.96. The SMILES string of the molecule is N#Cc1c(C2CCCC2)nn(Cc2ccccc2F)c1N. The van der Waals surface area contributed by atoms with Gasteiger partial charge in [0.15, 0.2) is 0 Å². The molecule has 4 nitrogen and oxygen atoms in total. The Morgan fingerprint density at radius 2 is 2.05 bits per heavy atom. The first kappa shape index (κ1) is 13.6. The van der Waals surface area contributed by atoms with E-state index in [2.05, 4.69) is 11.2 Å². The molecule has 1 aliphatic carbocycles. The zero-order chi connectivity index (χ0) is 14.8. The highest BCUT2D eigenvalue weighted by atomic mass is 19.1. The van der Waals surface area contributed by atoms with Gasteiger partial charge in [0.05, 0.1) is 12.2 Å². The molecule has 108 valence electrons. The number of hydrogen-bond donors (Lipinski definition) is 1. The third-order valence-corrected chi connectivity index (χ3v) is 4.15. The highest BCUT2D eigenvalue weighted by Crippen LogP contribution is 2.36. The van der Waals surface area contributed by atoms with Crippen molar-refractivity contribution < 1.29 is 4.39 Å². The molecular formula is C16H17FN4. The van der Waals surface area contributed by atoms with Crippen LogP contribution >= 0.6 is 0 Å². The van der Waals surface area contributed by atoms with Gasteiger partial charge in [-0.05, 0) is 18.9 Å². The van der Waals surface area contributed by atoms with Crippen molar-refractivity contribution in [3.63, 3.8) is 0 Å². The minimum absolute atomic E-state index is 0.250. The van der Waals surface area contributed by atoms with Gasteiger partial charge in [0.25, 0.3) is 0 Å². The van der Waals surface area contributed by atoms with Gasteiger partial charge in [0, 0.05) is 11.5 Å². The number of halogens is 1. The summed E-state index contributed by atoms with van der Waals surface area (Å²) >= 11 is 0. The van der Waals surface area contributed by atoms with Crippen LogP contribution in [0.4, 0.5) is 10.2 Å². The monoisotopic (exact) mass is 284 g/mol. The van der Waals surface area contributed by atoms with Crippen molar-refractivity contribution in [3.05, 3.63) is 46.9 Å². The number of aromatic nitrogens is 2. The summed E-state index contributed by atoms with van der Waals surface area (Å²) in [5, 5.41) is 13.8. The predicted molar refractivity (Wildman–Crippen MR) is 78.1 cm³/mol. The lowest BCUT2D eigenvalue weighted by atomic mass is 10.0. The zero-order valence-electron chi connectivity index (χ0n) is 11.7. The highest BCUT2D eigenvalue weighted by molar-refractivity contribution is 5.53. The van der Waals surface area contributed by atoms with Crippen molar-refractivity contribution in [2.75, 3.05) is 5.73 Å². The molecule has 1 heterocycles. The fraction of sp³-hybridized carbons (Fsp3) is 0.375. The number of nitrogens with two attached hydrogens (primary N) is 1. The summed E-state index contributed by atoms with van der Waals surface area (Å²) in [7, 11) is 0. The molecule has 5 heteroatoms. The van der Waals surface area contributed by atoms with Crippen LogP contribution in [0.15, 0.2) is 24.3 Å². The first-order valence-corrected chi connectivity index (χ1v) is 7.20. The van der Waals surface area contributed by atoms with Crippen molar-refractivity contribution in [3.8, 4) is 6.07 Å². The molecule has 1 fully saturated rings. The van der Waals surface area contributed by atoms with E-state index in [1.54, 1.807) is 22.9 Å². The highest BCUT2D eigenvalue weighted by Gasteiger charge is 2.26. The van der Waals surface area contributed by atoms with E-state index in [-0.39, 0.29) is 12.4 Å². The van der Waals surface area contributed by atoms with Gasteiger partial charge in [0.1, 0.15) is 23.3 Å². The molecular weight excluding hydrogens is 267 g/mol. The summed E-state index contributed by atoms with van der Waals surface area (Å²) in [6.07, 6.45) is 4.42. The van der Waals surface area contributed by atoms with Gasteiger partial charge in [-0.2, -0.15) is 10.4 Å². The summed E-state index contributed by atoms with van der Waals surface area (Å²) in [4.78, 5) is 0. The Bertz CT molecular complexity index is 693. The van der Waals surface area contributed by atoms with Gasteiger partial charge >= 0.3 is 0 Å². The Morgan fingerprint density at radius 3 is 2.71 bits per heavy atom. The van der Waals surface area contributed by atoms with Crippen LogP contribution in [0.3, 0.4) is 0 Å².